The Balaban J connectivity index is 2.03. The first-order chi connectivity index (χ1) is 10.2. The van der Waals surface area contributed by atoms with E-state index in [2.05, 4.69) is 12.2 Å². The Morgan fingerprint density at radius 1 is 1.10 bits per heavy atom. The molecule has 2 aromatic carbocycles. The summed E-state index contributed by atoms with van der Waals surface area (Å²) in [5.41, 5.74) is 8.29. The van der Waals surface area contributed by atoms with Crippen LogP contribution in [0.3, 0.4) is 0 Å². The molecule has 2 amide bonds. The van der Waals surface area contributed by atoms with Gasteiger partial charge in [-0.25, -0.2) is 4.79 Å². The fourth-order valence-corrected chi connectivity index (χ4v) is 2.09. The molecule has 2 rings (SSSR count). The van der Waals surface area contributed by atoms with Crippen LogP contribution in [0.5, 0.6) is 0 Å². The van der Waals surface area contributed by atoms with Gasteiger partial charge in [0.05, 0.1) is 0 Å². The second-order valence-electron chi connectivity index (χ2n) is 4.96. The van der Waals surface area contributed by atoms with Crippen molar-refractivity contribution >= 4 is 17.4 Å². The van der Waals surface area contributed by atoms with E-state index in [-0.39, 0.29) is 6.03 Å². The molecule has 4 heteroatoms. The fraction of sp³-hybridized carbons (Fsp3) is 0.235. The van der Waals surface area contributed by atoms with Gasteiger partial charge < -0.3 is 16.0 Å². The molecule has 0 aliphatic carbocycles. The van der Waals surface area contributed by atoms with Gasteiger partial charge in [-0.05, 0) is 36.2 Å². The van der Waals surface area contributed by atoms with Gasteiger partial charge in [0.25, 0.3) is 0 Å². The third-order valence-electron chi connectivity index (χ3n) is 3.16. The topological polar surface area (TPSA) is 58.4 Å². The van der Waals surface area contributed by atoms with Gasteiger partial charge in [-0.2, -0.15) is 0 Å². The molecule has 0 aromatic heterocycles. The third kappa shape index (κ3) is 4.53. The molecule has 0 heterocycles. The van der Waals surface area contributed by atoms with Crippen molar-refractivity contribution in [2.24, 2.45) is 0 Å². The number of amides is 2. The number of anilines is 2. The van der Waals surface area contributed by atoms with Crippen molar-refractivity contribution in [1.82, 2.24) is 4.90 Å². The van der Waals surface area contributed by atoms with E-state index in [1.807, 2.05) is 54.6 Å². The fourth-order valence-electron chi connectivity index (χ4n) is 2.09. The van der Waals surface area contributed by atoms with Gasteiger partial charge in [-0.3, -0.25) is 0 Å². The average Bonchev–Trinajstić information content (AvgIpc) is 2.50. The maximum Gasteiger partial charge on any atom is 0.322 e. The maximum absolute atomic E-state index is 12.4. The monoisotopic (exact) mass is 283 g/mol. The lowest BCUT2D eigenvalue weighted by Gasteiger charge is -2.22. The number of rotatable bonds is 5. The maximum atomic E-state index is 12.4. The molecular formula is C17H21N3O. The van der Waals surface area contributed by atoms with Crippen molar-refractivity contribution in [3.05, 3.63) is 60.2 Å². The average molecular weight is 283 g/mol. The molecule has 0 radical (unpaired) electrons. The normalized spacial score (nSPS) is 10.1. The molecule has 3 N–H and O–H groups in total. The molecular weight excluding hydrogens is 262 g/mol. The number of para-hydroxylation sites is 1. The lowest BCUT2D eigenvalue weighted by molar-refractivity contribution is 0.209. The summed E-state index contributed by atoms with van der Waals surface area (Å²) in [5, 5.41) is 2.92. The standard InChI is InChI=1S/C17H21N3O/c1-2-12-20(13-14-8-10-15(18)11-9-14)17(21)19-16-6-4-3-5-7-16/h3-11H,2,12-13,18H2,1H3,(H,19,21). The largest absolute Gasteiger partial charge is 0.399 e. The van der Waals surface area contributed by atoms with Gasteiger partial charge in [-0.1, -0.05) is 37.3 Å². The molecule has 0 spiro atoms. The van der Waals surface area contributed by atoms with Crippen molar-refractivity contribution in [2.45, 2.75) is 19.9 Å². The zero-order valence-electron chi connectivity index (χ0n) is 12.3. The van der Waals surface area contributed by atoms with Crippen LogP contribution in [0, 0.1) is 0 Å². The van der Waals surface area contributed by atoms with Crippen LogP contribution in [0.1, 0.15) is 18.9 Å². The molecule has 4 nitrogen and oxygen atoms in total. The molecule has 2 aromatic rings. The van der Waals surface area contributed by atoms with Crippen LogP contribution in [0.2, 0.25) is 0 Å². The highest BCUT2D eigenvalue weighted by molar-refractivity contribution is 5.89. The molecule has 0 aliphatic rings. The zero-order chi connectivity index (χ0) is 15.1. The van der Waals surface area contributed by atoms with Crippen molar-refractivity contribution in [1.29, 1.82) is 0 Å². The summed E-state index contributed by atoms with van der Waals surface area (Å²) in [7, 11) is 0. The minimum absolute atomic E-state index is 0.0834. The number of hydrogen-bond donors (Lipinski definition) is 2. The van der Waals surface area contributed by atoms with Crippen LogP contribution in [0.25, 0.3) is 0 Å². The highest BCUT2D eigenvalue weighted by Crippen LogP contribution is 2.12. The van der Waals surface area contributed by atoms with E-state index >= 15 is 0 Å². The number of hydrogen-bond acceptors (Lipinski definition) is 2. The van der Waals surface area contributed by atoms with E-state index in [1.165, 1.54) is 0 Å². The molecule has 0 fully saturated rings. The summed E-state index contributed by atoms with van der Waals surface area (Å²) in [4.78, 5) is 14.2. The van der Waals surface area contributed by atoms with Crippen molar-refractivity contribution in [3.63, 3.8) is 0 Å². The zero-order valence-corrected chi connectivity index (χ0v) is 12.3. The quantitative estimate of drug-likeness (QED) is 0.822. The number of nitrogens with zero attached hydrogens (tertiary/aromatic N) is 1. The number of nitrogen functional groups attached to an aromatic ring is 1. The Labute approximate surface area is 125 Å². The Hall–Kier alpha value is -2.49. The molecule has 0 saturated heterocycles. The van der Waals surface area contributed by atoms with E-state index in [1.54, 1.807) is 4.90 Å². The van der Waals surface area contributed by atoms with E-state index in [9.17, 15) is 4.79 Å². The van der Waals surface area contributed by atoms with Gasteiger partial charge in [0.15, 0.2) is 0 Å². The molecule has 21 heavy (non-hydrogen) atoms. The molecule has 0 saturated carbocycles. The summed E-state index contributed by atoms with van der Waals surface area (Å²) in [6, 6.07) is 17.0. The number of carbonyl (C=O) groups is 1. The second kappa shape index (κ2) is 7.33. The highest BCUT2D eigenvalue weighted by atomic mass is 16.2. The summed E-state index contributed by atoms with van der Waals surface area (Å²) in [6.07, 6.45) is 0.914. The molecule has 0 unspecified atom stereocenters. The van der Waals surface area contributed by atoms with Gasteiger partial charge in [0, 0.05) is 24.5 Å². The van der Waals surface area contributed by atoms with Gasteiger partial charge in [-0.15, -0.1) is 0 Å². The van der Waals surface area contributed by atoms with Crippen molar-refractivity contribution < 1.29 is 4.79 Å². The van der Waals surface area contributed by atoms with Gasteiger partial charge >= 0.3 is 6.03 Å². The Morgan fingerprint density at radius 2 is 1.76 bits per heavy atom. The highest BCUT2D eigenvalue weighted by Gasteiger charge is 2.13. The summed E-state index contributed by atoms with van der Waals surface area (Å²) in [5.74, 6) is 0. The summed E-state index contributed by atoms with van der Waals surface area (Å²) >= 11 is 0. The first-order valence-electron chi connectivity index (χ1n) is 7.14. The smallest absolute Gasteiger partial charge is 0.322 e. The molecule has 0 bridgehead atoms. The summed E-state index contributed by atoms with van der Waals surface area (Å²) < 4.78 is 0. The van der Waals surface area contributed by atoms with Crippen LogP contribution in [-0.2, 0) is 6.54 Å². The van der Waals surface area contributed by atoms with Crippen molar-refractivity contribution in [3.8, 4) is 0 Å². The SMILES string of the molecule is CCCN(Cc1ccc(N)cc1)C(=O)Nc1ccccc1. The predicted octanol–water partition coefficient (Wildman–Crippen LogP) is 3.71. The first-order valence-corrected chi connectivity index (χ1v) is 7.14. The second-order valence-corrected chi connectivity index (χ2v) is 4.96. The van der Waals surface area contributed by atoms with E-state index in [0.717, 1.165) is 23.4 Å². The first kappa shape index (κ1) is 14.9. The molecule has 110 valence electrons. The Morgan fingerprint density at radius 3 is 2.38 bits per heavy atom. The Bertz CT molecular complexity index is 566. The van der Waals surface area contributed by atoms with Crippen LogP contribution in [0.4, 0.5) is 16.2 Å². The van der Waals surface area contributed by atoms with Crippen molar-refractivity contribution in [2.75, 3.05) is 17.6 Å². The summed E-state index contributed by atoms with van der Waals surface area (Å²) in [6.45, 7) is 3.35. The van der Waals surface area contributed by atoms with E-state index in [4.69, 9.17) is 5.73 Å². The van der Waals surface area contributed by atoms with Crippen LogP contribution in [0.15, 0.2) is 54.6 Å². The number of nitrogens with one attached hydrogen (secondary N) is 1. The minimum atomic E-state index is -0.0834. The number of benzene rings is 2. The van der Waals surface area contributed by atoms with Gasteiger partial charge in [0.1, 0.15) is 0 Å². The Kier molecular flexibility index (Phi) is 5.21. The lowest BCUT2D eigenvalue weighted by Crippen LogP contribution is -2.35. The van der Waals surface area contributed by atoms with Crippen LogP contribution < -0.4 is 11.1 Å². The van der Waals surface area contributed by atoms with E-state index < -0.39 is 0 Å². The van der Waals surface area contributed by atoms with Gasteiger partial charge in [0.2, 0.25) is 0 Å². The third-order valence-corrected chi connectivity index (χ3v) is 3.16. The predicted molar refractivity (Wildman–Crippen MR) is 87.0 cm³/mol. The number of carbonyl (C=O) groups excluding carboxylic acids is 1. The number of nitrogens with two attached hydrogens (primary N) is 1. The molecule has 0 aliphatic heterocycles. The molecule has 0 atom stereocenters. The lowest BCUT2D eigenvalue weighted by atomic mass is 10.2. The van der Waals surface area contributed by atoms with E-state index in [0.29, 0.717) is 13.1 Å². The van der Waals surface area contributed by atoms with Crippen LogP contribution in [-0.4, -0.2) is 17.5 Å². The minimum Gasteiger partial charge on any atom is -0.399 e. The number of urea groups is 1. The van der Waals surface area contributed by atoms with Crippen LogP contribution >= 0.6 is 0 Å².